The van der Waals surface area contributed by atoms with Crippen molar-refractivity contribution in [3.8, 4) is 5.75 Å². The van der Waals surface area contributed by atoms with Crippen LogP contribution < -0.4 is 9.64 Å². The Bertz CT molecular complexity index is 1080. The fourth-order valence-electron chi connectivity index (χ4n) is 4.34. The van der Waals surface area contributed by atoms with Gasteiger partial charge in [0.05, 0.1) is 16.9 Å². The summed E-state index contributed by atoms with van der Waals surface area (Å²) < 4.78 is 5.60. The summed E-state index contributed by atoms with van der Waals surface area (Å²) in [5.74, 6) is 1.03. The first-order chi connectivity index (χ1) is 14.2. The second-order valence-corrected chi connectivity index (χ2v) is 7.59. The van der Waals surface area contributed by atoms with E-state index in [0.29, 0.717) is 5.39 Å². The standard InChI is InChI=1S/C22H22N4O3/c27-26(28)21-3-2-20(18-5-7-23-14-19(18)21)25-10-8-24(9-11-25)15-16-1-4-22-17(13-16)6-12-29-22/h1-5,7,13-14H,6,8-12,15H2. The molecule has 7 nitrogen and oxygen atoms in total. The molecule has 2 aromatic carbocycles. The number of pyridine rings is 1. The van der Waals surface area contributed by atoms with E-state index >= 15 is 0 Å². The van der Waals surface area contributed by atoms with Crippen LogP contribution in [0.3, 0.4) is 0 Å². The molecule has 0 atom stereocenters. The maximum absolute atomic E-state index is 11.3. The molecule has 3 heterocycles. The van der Waals surface area contributed by atoms with Crippen molar-refractivity contribution in [3.63, 3.8) is 0 Å². The lowest BCUT2D eigenvalue weighted by Gasteiger charge is -2.36. The van der Waals surface area contributed by atoms with Gasteiger partial charge in [0, 0.05) is 68.7 Å². The predicted molar refractivity (Wildman–Crippen MR) is 112 cm³/mol. The smallest absolute Gasteiger partial charge is 0.278 e. The van der Waals surface area contributed by atoms with Crippen LogP contribution in [0.15, 0.2) is 48.8 Å². The van der Waals surface area contributed by atoms with E-state index in [1.54, 1.807) is 18.5 Å². The molecule has 1 fully saturated rings. The third-order valence-electron chi connectivity index (χ3n) is 5.84. The molecule has 29 heavy (non-hydrogen) atoms. The van der Waals surface area contributed by atoms with Crippen LogP contribution in [0.2, 0.25) is 0 Å². The van der Waals surface area contributed by atoms with Gasteiger partial charge in [0.2, 0.25) is 0 Å². The average molecular weight is 390 g/mol. The Morgan fingerprint density at radius 3 is 2.76 bits per heavy atom. The monoisotopic (exact) mass is 390 g/mol. The molecule has 5 rings (SSSR count). The molecule has 7 heteroatoms. The maximum Gasteiger partial charge on any atom is 0.278 e. The summed E-state index contributed by atoms with van der Waals surface area (Å²) in [7, 11) is 0. The third-order valence-corrected chi connectivity index (χ3v) is 5.84. The first kappa shape index (κ1) is 17.9. The molecule has 0 amide bonds. The van der Waals surface area contributed by atoms with Gasteiger partial charge in [-0.1, -0.05) is 12.1 Å². The largest absolute Gasteiger partial charge is 0.493 e. The molecule has 0 unspecified atom stereocenters. The number of aromatic nitrogens is 1. The number of nitro benzene ring substituents is 1. The predicted octanol–water partition coefficient (Wildman–Crippen LogP) is 3.40. The van der Waals surface area contributed by atoms with E-state index in [1.165, 1.54) is 11.1 Å². The fourth-order valence-corrected chi connectivity index (χ4v) is 4.34. The first-order valence-corrected chi connectivity index (χ1v) is 9.92. The van der Waals surface area contributed by atoms with Crippen LogP contribution >= 0.6 is 0 Å². The fraction of sp³-hybridized carbons (Fsp3) is 0.318. The van der Waals surface area contributed by atoms with Crippen LogP contribution in [0.1, 0.15) is 11.1 Å². The molecule has 0 aliphatic carbocycles. The highest BCUT2D eigenvalue weighted by Crippen LogP contribution is 2.33. The third kappa shape index (κ3) is 3.38. The highest BCUT2D eigenvalue weighted by Gasteiger charge is 2.22. The van der Waals surface area contributed by atoms with Crippen LogP contribution in [0.25, 0.3) is 10.8 Å². The number of non-ortho nitro benzene ring substituents is 1. The number of ether oxygens (including phenoxy) is 1. The minimum absolute atomic E-state index is 0.107. The number of nitro groups is 1. The lowest BCUT2D eigenvalue weighted by atomic mass is 10.1. The van der Waals surface area contributed by atoms with Crippen molar-refractivity contribution < 1.29 is 9.66 Å². The molecule has 2 aliphatic heterocycles. The maximum atomic E-state index is 11.3. The molecule has 148 valence electrons. The van der Waals surface area contributed by atoms with Crippen molar-refractivity contribution >= 4 is 22.1 Å². The summed E-state index contributed by atoms with van der Waals surface area (Å²) in [6.07, 6.45) is 4.28. The van der Waals surface area contributed by atoms with Crippen LogP contribution in [-0.4, -0.2) is 47.6 Å². The van der Waals surface area contributed by atoms with Crippen molar-refractivity contribution in [1.29, 1.82) is 0 Å². The van der Waals surface area contributed by atoms with Crippen molar-refractivity contribution in [3.05, 3.63) is 70.0 Å². The summed E-state index contributed by atoms with van der Waals surface area (Å²) in [5, 5.41) is 12.8. The summed E-state index contributed by atoms with van der Waals surface area (Å²) in [4.78, 5) is 19.9. The highest BCUT2D eigenvalue weighted by atomic mass is 16.6. The van der Waals surface area contributed by atoms with Gasteiger partial charge in [-0.05, 0) is 29.3 Å². The lowest BCUT2D eigenvalue weighted by Crippen LogP contribution is -2.46. The number of nitrogens with zero attached hydrogens (tertiary/aromatic N) is 4. The molecule has 1 aromatic heterocycles. The SMILES string of the molecule is O=[N+]([O-])c1ccc(N2CCN(Cc3ccc4c(c3)CCO4)CC2)c2ccncc12. The average Bonchev–Trinajstić information content (AvgIpc) is 3.21. The van der Waals surface area contributed by atoms with Gasteiger partial charge in [0.1, 0.15) is 5.75 Å². The number of fused-ring (bicyclic) bond motifs is 2. The number of hydrogen-bond donors (Lipinski definition) is 0. The molecule has 0 radical (unpaired) electrons. The van der Waals surface area contributed by atoms with Crippen LogP contribution in [0, 0.1) is 10.1 Å². The van der Waals surface area contributed by atoms with Gasteiger partial charge in [-0.15, -0.1) is 0 Å². The number of benzene rings is 2. The molecular weight excluding hydrogens is 368 g/mol. The second kappa shape index (κ2) is 7.33. The van der Waals surface area contributed by atoms with Crippen molar-refractivity contribution in [2.45, 2.75) is 13.0 Å². The molecule has 0 saturated carbocycles. The van der Waals surface area contributed by atoms with Crippen molar-refractivity contribution in [2.75, 3.05) is 37.7 Å². The molecule has 0 N–H and O–H groups in total. The topological polar surface area (TPSA) is 71.7 Å². The number of piperazine rings is 1. The molecule has 0 bridgehead atoms. The van der Waals surface area contributed by atoms with Gasteiger partial charge < -0.3 is 9.64 Å². The minimum Gasteiger partial charge on any atom is -0.493 e. The quantitative estimate of drug-likeness (QED) is 0.502. The van der Waals surface area contributed by atoms with E-state index in [2.05, 4.69) is 33.0 Å². The number of rotatable bonds is 4. The number of anilines is 1. The Morgan fingerprint density at radius 2 is 1.93 bits per heavy atom. The Morgan fingerprint density at radius 1 is 1.07 bits per heavy atom. The lowest BCUT2D eigenvalue weighted by molar-refractivity contribution is -0.383. The zero-order chi connectivity index (χ0) is 19.8. The van der Waals surface area contributed by atoms with E-state index in [1.807, 2.05) is 12.1 Å². The van der Waals surface area contributed by atoms with Crippen molar-refractivity contribution in [2.24, 2.45) is 0 Å². The summed E-state index contributed by atoms with van der Waals surface area (Å²) >= 11 is 0. The van der Waals surface area contributed by atoms with Gasteiger partial charge >= 0.3 is 0 Å². The zero-order valence-electron chi connectivity index (χ0n) is 16.1. The minimum atomic E-state index is -0.340. The molecule has 2 aliphatic rings. The Balaban J connectivity index is 1.31. The van der Waals surface area contributed by atoms with Gasteiger partial charge in [-0.2, -0.15) is 0 Å². The summed E-state index contributed by atoms with van der Waals surface area (Å²) in [5.41, 5.74) is 3.79. The van der Waals surface area contributed by atoms with Crippen LogP contribution in [0.4, 0.5) is 11.4 Å². The summed E-state index contributed by atoms with van der Waals surface area (Å²) in [6.45, 7) is 5.42. The van der Waals surface area contributed by atoms with Crippen LogP contribution in [-0.2, 0) is 13.0 Å². The van der Waals surface area contributed by atoms with Gasteiger partial charge in [0.15, 0.2) is 0 Å². The first-order valence-electron chi connectivity index (χ1n) is 9.92. The molecule has 3 aromatic rings. The highest BCUT2D eigenvalue weighted by molar-refractivity contribution is 5.99. The van der Waals surface area contributed by atoms with E-state index in [9.17, 15) is 10.1 Å². The Kier molecular flexibility index (Phi) is 4.52. The second-order valence-electron chi connectivity index (χ2n) is 7.59. The van der Waals surface area contributed by atoms with Gasteiger partial charge in [-0.3, -0.25) is 20.0 Å². The van der Waals surface area contributed by atoms with E-state index in [4.69, 9.17) is 4.74 Å². The summed E-state index contributed by atoms with van der Waals surface area (Å²) in [6, 6.07) is 11.9. The van der Waals surface area contributed by atoms with E-state index in [0.717, 1.165) is 62.6 Å². The van der Waals surface area contributed by atoms with E-state index in [-0.39, 0.29) is 10.6 Å². The zero-order valence-corrected chi connectivity index (χ0v) is 16.1. The normalized spacial score (nSPS) is 16.6. The molecule has 1 saturated heterocycles. The van der Waals surface area contributed by atoms with Gasteiger partial charge in [-0.25, -0.2) is 0 Å². The number of hydrogen-bond acceptors (Lipinski definition) is 6. The van der Waals surface area contributed by atoms with Crippen LogP contribution in [0.5, 0.6) is 5.75 Å². The van der Waals surface area contributed by atoms with Crippen molar-refractivity contribution in [1.82, 2.24) is 9.88 Å². The Hall–Kier alpha value is -3.19. The molecular formula is C22H22N4O3. The molecule has 0 spiro atoms. The van der Waals surface area contributed by atoms with Gasteiger partial charge in [0.25, 0.3) is 5.69 Å². The van der Waals surface area contributed by atoms with E-state index < -0.39 is 0 Å². The Labute approximate surface area is 168 Å².